The smallest absolute Gasteiger partial charge is 0.255 e. The summed E-state index contributed by atoms with van der Waals surface area (Å²) in [5.74, 6) is 0.894. The van der Waals surface area contributed by atoms with Crippen LogP contribution in [0.5, 0.6) is 5.75 Å². The number of hydrogen-bond donors (Lipinski definition) is 0. The number of nitrogens with zero attached hydrogens (tertiary/aromatic N) is 3. The molecule has 0 aliphatic carbocycles. The second-order valence-corrected chi connectivity index (χ2v) is 8.09. The van der Waals surface area contributed by atoms with Crippen molar-refractivity contribution in [1.82, 2.24) is 9.80 Å². The van der Waals surface area contributed by atoms with Crippen molar-refractivity contribution in [2.45, 2.75) is 6.10 Å². The Bertz CT molecular complexity index is 870. The highest BCUT2D eigenvalue weighted by molar-refractivity contribution is 6.33. The lowest BCUT2D eigenvalue weighted by Gasteiger charge is -2.40. The lowest BCUT2D eigenvalue weighted by molar-refractivity contribution is -0.0363. The molecular formula is C23H28ClN3O3. The molecule has 4 rings (SSSR count). The second-order valence-electron chi connectivity index (χ2n) is 7.68. The molecule has 0 radical (unpaired) electrons. The fourth-order valence-corrected chi connectivity index (χ4v) is 4.39. The number of methoxy groups -OCH3 is 1. The van der Waals surface area contributed by atoms with Crippen LogP contribution in [0.4, 0.5) is 5.69 Å². The van der Waals surface area contributed by atoms with Crippen molar-refractivity contribution in [1.29, 1.82) is 0 Å². The number of amides is 1. The van der Waals surface area contributed by atoms with E-state index < -0.39 is 0 Å². The van der Waals surface area contributed by atoms with Crippen LogP contribution < -0.4 is 9.64 Å². The van der Waals surface area contributed by atoms with E-state index in [0.717, 1.165) is 44.2 Å². The van der Waals surface area contributed by atoms with Crippen LogP contribution in [-0.2, 0) is 4.74 Å². The SMILES string of the molecule is COc1ccccc1N1CCN(C[C@@H]2CN(C(=O)c3ccccc3Cl)CCO2)CC1. The minimum absolute atomic E-state index is 0.0167. The van der Waals surface area contributed by atoms with E-state index in [4.69, 9.17) is 21.1 Å². The van der Waals surface area contributed by atoms with Crippen molar-refractivity contribution in [3.05, 3.63) is 59.1 Å². The first-order chi connectivity index (χ1) is 14.7. The molecule has 7 heteroatoms. The Kier molecular flexibility index (Phi) is 6.77. The predicted octanol–water partition coefficient (Wildman–Crippen LogP) is 3.01. The van der Waals surface area contributed by atoms with Crippen molar-refractivity contribution in [3.8, 4) is 5.75 Å². The molecule has 2 fully saturated rings. The van der Waals surface area contributed by atoms with Gasteiger partial charge in [0.2, 0.25) is 0 Å². The van der Waals surface area contributed by atoms with Gasteiger partial charge in [0.1, 0.15) is 5.75 Å². The number of morpholine rings is 1. The Morgan fingerprint density at radius 3 is 2.57 bits per heavy atom. The molecule has 0 unspecified atom stereocenters. The van der Waals surface area contributed by atoms with Gasteiger partial charge in [0.05, 0.1) is 36.1 Å². The fraction of sp³-hybridized carbons (Fsp3) is 0.435. The molecule has 1 atom stereocenters. The van der Waals surface area contributed by atoms with Gasteiger partial charge in [0, 0.05) is 45.8 Å². The fourth-order valence-electron chi connectivity index (χ4n) is 4.17. The summed E-state index contributed by atoms with van der Waals surface area (Å²) in [6.07, 6.45) is 0.0167. The van der Waals surface area contributed by atoms with Crippen LogP contribution in [0.1, 0.15) is 10.4 Å². The monoisotopic (exact) mass is 429 g/mol. The van der Waals surface area contributed by atoms with E-state index >= 15 is 0 Å². The number of hydrogen-bond acceptors (Lipinski definition) is 5. The van der Waals surface area contributed by atoms with Gasteiger partial charge in [-0.15, -0.1) is 0 Å². The van der Waals surface area contributed by atoms with Gasteiger partial charge in [-0.3, -0.25) is 9.69 Å². The summed E-state index contributed by atoms with van der Waals surface area (Å²) in [5, 5.41) is 0.498. The molecule has 2 aliphatic heterocycles. The molecule has 2 aliphatic rings. The average molecular weight is 430 g/mol. The maximum Gasteiger partial charge on any atom is 0.255 e. The highest BCUT2D eigenvalue weighted by atomic mass is 35.5. The molecular weight excluding hydrogens is 402 g/mol. The number of benzene rings is 2. The number of ether oxygens (including phenoxy) is 2. The topological polar surface area (TPSA) is 45.2 Å². The van der Waals surface area contributed by atoms with E-state index in [2.05, 4.69) is 15.9 Å². The van der Waals surface area contributed by atoms with Crippen molar-refractivity contribution in [2.24, 2.45) is 0 Å². The largest absolute Gasteiger partial charge is 0.495 e. The number of anilines is 1. The number of halogens is 1. The molecule has 6 nitrogen and oxygen atoms in total. The van der Waals surface area contributed by atoms with Crippen LogP contribution in [0.25, 0.3) is 0 Å². The summed E-state index contributed by atoms with van der Waals surface area (Å²) in [7, 11) is 1.71. The van der Waals surface area contributed by atoms with E-state index in [0.29, 0.717) is 30.3 Å². The Morgan fingerprint density at radius 2 is 1.80 bits per heavy atom. The van der Waals surface area contributed by atoms with Gasteiger partial charge in [-0.05, 0) is 24.3 Å². The molecule has 2 aromatic rings. The van der Waals surface area contributed by atoms with E-state index in [-0.39, 0.29) is 12.0 Å². The van der Waals surface area contributed by atoms with E-state index in [9.17, 15) is 4.79 Å². The Balaban J connectivity index is 1.31. The second kappa shape index (κ2) is 9.69. The van der Waals surface area contributed by atoms with Gasteiger partial charge in [-0.25, -0.2) is 0 Å². The summed E-state index contributed by atoms with van der Waals surface area (Å²) in [6, 6.07) is 15.4. The number of carbonyl (C=O) groups excluding carboxylic acids is 1. The minimum Gasteiger partial charge on any atom is -0.495 e. The first-order valence-electron chi connectivity index (χ1n) is 10.4. The lowest BCUT2D eigenvalue weighted by Crippen LogP contribution is -2.53. The molecule has 2 saturated heterocycles. The molecule has 2 aromatic carbocycles. The number of para-hydroxylation sites is 2. The standard InChI is InChI=1S/C23H28ClN3O3/c1-29-22-9-5-4-8-21(22)26-12-10-25(11-13-26)16-18-17-27(14-15-30-18)23(28)19-6-2-3-7-20(19)24/h2-9,18H,10-17H2,1H3/t18-/m1/s1. The predicted molar refractivity (Wildman–Crippen MR) is 119 cm³/mol. The van der Waals surface area contributed by atoms with Crippen molar-refractivity contribution in [2.75, 3.05) is 64.4 Å². The zero-order valence-electron chi connectivity index (χ0n) is 17.3. The minimum atomic E-state index is -0.0186. The summed E-state index contributed by atoms with van der Waals surface area (Å²) in [5.41, 5.74) is 1.70. The highest BCUT2D eigenvalue weighted by Crippen LogP contribution is 2.28. The highest BCUT2D eigenvalue weighted by Gasteiger charge is 2.28. The van der Waals surface area contributed by atoms with Crippen molar-refractivity contribution in [3.63, 3.8) is 0 Å². The quantitative estimate of drug-likeness (QED) is 0.731. The third-order valence-corrected chi connectivity index (χ3v) is 6.12. The van der Waals surface area contributed by atoms with E-state index in [1.807, 2.05) is 35.2 Å². The molecule has 1 amide bonds. The van der Waals surface area contributed by atoms with Gasteiger partial charge in [0.25, 0.3) is 5.91 Å². The normalized spacial score (nSPS) is 20.3. The Morgan fingerprint density at radius 1 is 1.07 bits per heavy atom. The molecule has 0 N–H and O–H groups in total. The van der Waals surface area contributed by atoms with Gasteiger partial charge in [-0.2, -0.15) is 0 Å². The summed E-state index contributed by atoms with van der Waals surface area (Å²) in [6.45, 7) is 6.37. The third-order valence-electron chi connectivity index (χ3n) is 5.79. The number of rotatable bonds is 5. The van der Waals surface area contributed by atoms with Crippen LogP contribution in [0.3, 0.4) is 0 Å². The van der Waals surface area contributed by atoms with Gasteiger partial charge >= 0.3 is 0 Å². The molecule has 0 aromatic heterocycles. The zero-order chi connectivity index (χ0) is 20.9. The number of piperazine rings is 1. The van der Waals surface area contributed by atoms with Crippen LogP contribution in [0, 0.1) is 0 Å². The van der Waals surface area contributed by atoms with Crippen LogP contribution in [-0.4, -0.2) is 81.3 Å². The molecule has 160 valence electrons. The molecule has 0 spiro atoms. The Hall–Kier alpha value is -2.28. The van der Waals surface area contributed by atoms with Crippen LogP contribution in [0.15, 0.2) is 48.5 Å². The van der Waals surface area contributed by atoms with E-state index in [1.54, 1.807) is 19.2 Å². The lowest BCUT2D eigenvalue weighted by atomic mass is 10.1. The zero-order valence-corrected chi connectivity index (χ0v) is 18.1. The Labute approximate surface area is 182 Å². The molecule has 0 saturated carbocycles. The number of carbonyl (C=O) groups is 1. The third kappa shape index (κ3) is 4.72. The average Bonchev–Trinajstić information content (AvgIpc) is 2.80. The van der Waals surface area contributed by atoms with Gasteiger partial charge in [-0.1, -0.05) is 35.9 Å². The summed E-state index contributed by atoms with van der Waals surface area (Å²) in [4.78, 5) is 19.5. The first kappa shape index (κ1) is 21.0. The molecule has 30 heavy (non-hydrogen) atoms. The van der Waals surface area contributed by atoms with Crippen LogP contribution in [0.2, 0.25) is 5.02 Å². The van der Waals surface area contributed by atoms with E-state index in [1.165, 1.54) is 0 Å². The maximum absolute atomic E-state index is 12.9. The summed E-state index contributed by atoms with van der Waals surface area (Å²) >= 11 is 6.22. The van der Waals surface area contributed by atoms with Gasteiger partial charge < -0.3 is 19.3 Å². The van der Waals surface area contributed by atoms with Crippen molar-refractivity contribution >= 4 is 23.2 Å². The van der Waals surface area contributed by atoms with Gasteiger partial charge in [0.15, 0.2) is 0 Å². The first-order valence-corrected chi connectivity index (χ1v) is 10.8. The molecule has 2 heterocycles. The van der Waals surface area contributed by atoms with Crippen molar-refractivity contribution < 1.29 is 14.3 Å². The molecule has 0 bridgehead atoms. The maximum atomic E-state index is 12.9. The summed E-state index contributed by atoms with van der Waals surface area (Å²) < 4.78 is 11.5. The van der Waals surface area contributed by atoms with Crippen LogP contribution >= 0.6 is 11.6 Å².